The quantitative estimate of drug-likeness (QED) is 0.603. The van der Waals surface area contributed by atoms with Gasteiger partial charge in [0.1, 0.15) is 35.1 Å². The Labute approximate surface area is 154 Å². The first-order chi connectivity index (χ1) is 12.7. The van der Waals surface area contributed by atoms with Crippen LogP contribution >= 0.6 is 0 Å². The van der Waals surface area contributed by atoms with E-state index in [9.17, 15) is 30.0 Å². The zero-order valence-electron chi connectivity index (χ0n) is 15.0. The summed E-state index contributed by atoms with van der Waals surface area (Å²) in [7, 11) is 0. The summed E-state index contributed by atoms with van der Waals surface area (Å²) in [6.07, 6.45) is -4.51. The number of hydrogen-bond donors (Lipinski definition) is 4. The first-order valence-electron chi connectivity index (χ1n) is 8.64. The van der Waals surface area contributed by atoms with Gasteiger partial charge in [-0.25, -0.2) is 0 Å². The van der Waals surface area contributed by atoms with Gasteiger partial charge in [-0.3, -0.25) is 9.59 Å². The van der Waals surface area contributed by atoms with E-state index >= 15 is 0 Å². The second kappa shape index (κ2) is 7.40. The summed E-state index contributed by atoms with van der Waals surface area (Å²) in [6.45, 7) is 2.51. The fourth-order valence-electron chi connectivity index (χ4n) is 3.50. The van der Waals surface area contributed by atoms with Crippen molar-refractivity contribution >= 4 is 16.8 Å². The summed E-state index contributed by atoms with van der Waals surface area (Å²) in [5.41, 5.74) is 0.165. The van der Waals surface area contributed by atoms with E-state index in [4.69, 9.17) is 9.15 Å². The maximum atomic E-state index is 12.6. The molecule has 1 aliphatic heterocycles. The molecule has 27 heavy (non-hydrogen) atoms. The van der Waals surface area contributed by atoms with E-state index < -0.39 is 31.0 Å². The molecule has 4 N–H and O–H groups in total. The topological polar surface area (TPSA) is 137 Å². The van der Waals surface area contributed by atoms with Gasteiger partial charge in [-0.2, -0.15) is 0 Å². The van der Waals surface area contributed by atoms with Gasteiger partial charge in [0, 0.05) is 12.5 Å². The summed E-state index contributed by atoms with van der Waals surface area (Å²) in [5, 5.41) is 40.4. The number of carbonyl (C=O) groups excluding carboxylic acids is 1. The highest BCUT2D eigenvalue weighted by atomic mass is 16.5. The fourth-order valence-corrected chi connectivity index (χ4v) is 3.50. The number of phenols is 1. The number of aliphatic hydroxyl groups excluding tert-OH is 3. The number of phenolic OH excluding ortho intramolecular Hbond substituents is 1. The minimum Gasteiger partial charge on any atom is -0.507 e. The lowest BCUT2D eigenvalue weighted by Gasteiger charge is -2.37. The molecule has 146 valence electrons. The maximum Gasteiger partial charge on any atom is 0.193 e. The van der Waals surface area contributed by atoms with Crippen LogP contribution in [0, 0.1) is 6.92 Å². The molecule has 0 spiro atoms. The third kappa shape index (κ3) is 3.61. The average molecular weight is 378 g/mol. The largest absolute Gasteiger partial charge is 0.507 e. The Morgan fingerprint density at radius 2 is 1.96 bits per heavy atom. The van der Waals surface area contributed by atoms with Gasteiger partial charge < -0.3 is 29.6 Å². The number of ether oxygens (including phenoxy) is 1. The zero-order chi connectivity index (χ0) is 19.9. The molecule has 4 atom stereocenters. The Balaban J connectivity index is 2.23. The lowest BCUT2D eigenvalue weighted by Crippen LogP contribution is -2.44. The third-order valence-corrected chi connectivity index (χ3v) is 4.74. The Bertz CT molecular complexity index is 931. The Hall–Kier alpha value is -2.26. The van der Waals surface area contributed by atoms with Gasteiger partial charge in [0.15, 0.2) is 5.43 Å². The number of ketones is 1. The van der Waals surface area contributed by atoms with Gasteiger partial charge in [-0.1, -0.05) is 0 Å². The summed E-state index contributed by atoms with van der Waals surface area (Å²) < 4.78 is 11.3. The Morgan fingerprint density at radius 3 is 2.59 bits per heavy atom. The number of aromatic hydroxyl groups is 1. The van der Waals surface area contributed by atoms with Gasteiger partial charge >= 0.3 is 0 Å². The van der Waals surface area contributed by atoms with E-state index in [1.54, 1.807) is 6.92 Å². The summed E-state index contributed by atoms with van der Waals surface area (Å²) >= 11 is 0. The Morgan fingerprint density at radius 1 is 1.26 bits per heavy atom. The summed E-state index contributed by atoms with van der Waals surface area (Å²) in [4.78, 5) is 24.0. The first-order valence-corrected chi connectivity index (χ1v) is 8.64. The molecule has 0 bridgehead atoms. The molecule has 1 aliphatic rings. The number of hydrogen-bond acceptors (Lipinski definition) is 8. The zero-order valence-corrected chi connectivity index (χ0v) is 15.0. The highest BCUT2D eigenvalue weighted by molar-refractivity contribution is 5.86. The molecule has 2 heterocycles. The molecule has 2 aromatic rings. The number of benzene rings is 1. The molecule has 1 aromatic carbocycles. The molecule has 0 amide bonds. The van der Waals surface area contributed by atoms with Gasteiger partial charge in [-0.15, -0.1) is 0 Å². The highest BCUT2D eigenvalue weighted by Gasteiger charge is 2.39. The third-order valence-electron chi connectivity index (χ3n) is 4.74. The van der Waals surface area contributed by atoms with E-state index in [2.05, 4.69) is 0 Å². The number of aliphatic hydroxyl groups is 3. The van der Waals surface area contributed by atoms with Crippen molar-refractivity contribution in [2.24, 2.45) is 0 Å². The van der Waals surface area contributed by atoms with Crippen LogP contribution in [-0.2, 0) is 16.0 Å². The van der Waals surface area contributed by atoms with Crippen molar-refractivity contribution in [2.75, 3.05) is 6.61 Å². The lowest BCUT2D eigenvalue weighted by atomic mass is 9.91. The normalized spacial score (nSPS) is 25.7. The molecular weight excluding hydrogens is 356 g/mol. The number of aryl methyl sites for hydroxylation is 1. The van der Waals surface area contributed by atoms with E-state index in [-0.39, 0.29) is 52.1 Å². The van der Waals surface area contributed by atoms with E-state index in [1.807, 2.05) is 0 Å². The predicted molar refractivity (Wildman–Crippen MR) is 94.6 cm³/mol. The molecule has 0 radical (unpaired) electrons. The molecule has 1 aromatic heterocycles. The van der Waals surface area contributed by atoms with Crippen LogP contribution in [0.5, 0.6) is 5.75 Å². The van der Waals surface area contributed by atoms with Crippen molar-refractivity contribution in [3.05, 3.63) is 39.2 Å². The molecule has 3 rings (SSSR count). The van der Waals surface area contributed by atoms with Gasteiger partial charge in [-0.05, 0) is 25.5 Å². The van der Waals surface area contributed by atoms with Gasteiger partial charge in [0.05, 0.1) is 36.2 Å². The van der Waals surface area contributed by atoms with Crippen LogP contribution in [0.15, 0.2) is 21.3 Å². The SMILES string of the molecule is CC(=O)Cc1cc(=O)c2c(C)cc(O)c(C3OC(CO)C(O)CC3O)c2o1. The lowest BCUT2D eigenvalue weighted by molar-refractivity contribution is -0.182. The summed E-state index contributed by atoms with van der Waals surface area (Å²) in [5.74, 6) is -0.316. The maximum absolute atomic E-state index is 12.6. The standard InChI is InChI=1S/C19H22O8/c1-8-3-12(23)17(18-14(25)6-11(22)15(7-20)27-18)19-16(8)13(24)5-10(26-19)4-9(2)21/h3,5,11,14-15,18,20,22-23,25H,4,6-7H2,1-2H3. The molecule has 0 saturated carbocycles. The van der Waals surface area contributed by atoms with Crippen molar-refractivity contribution in [3.8, 4) is 5.75 Å². The van der Waals surface area contributed by atoms with E-state index in [1.165, 1.54) is 19.1 Å². The van der Waals surface area contributed by atoms with Crippen LogP contribution in [0.2, 0.25) is 0 Å². The van der Waals surface area contributed by atoms with Crippen LogP contribution < -0.4 is 5.43 Å². The fraction of sp³-hybridized carbons (Fsp3) is 0.474. The molecule has 4 unspecified atom stereocenters. The minimum atomic E-state index is -1.19. The molecule has 1 saturated heterocycles. The smallest absolute Gasteiger partial charge is 0.193 e. The monoisotopic (exact) mass is 378 g/mol. The van der Waals surface area contributed by atoms with Crippen molar-refractivity contribution in [2.45, 2.75) is 51.1 Å². The van der Waals surface area contributed by atoms with Crippen molar-refractivity contribution in [1.29, 1.82) is 0 Å². The minimum absolute atomic E-state index is 0.0216. The number of carbonyl (C=O) groups is 1. The van der Waals surface area contributed by atoms with Crippen LogP contribution in [0.25, 0.3) is 11.0 Å². The number of Topliss-reactive ketones (excluding diaryl/α,β-unsaturated/α-hetero) is 1. The molecule has 1 fully saturated rings. The van der Waals surface area contributed by atoms with Crippen LogP contribution in [0.1, 0.15) is 36.3 Å². The van der Waals surface area contributed by atoms with Crippen molar-refractivity contribution in [1.82, 2.24) is 0 Å². The number of fused-ring (bicyclic) bond motifs is 1. The van der Waals surface area contributed by atoms with E-state index in [0.717, 1.165) is 0 Å². The van der Waals surface area contributed by atoms with Crippen molar-refractivity contribution < 1.29 is 34.4 Å². The molecule has 8 nitrogen and oxygen atoms in total. The second-order valence-corrected chi connectivity index (χ2v) is 6.93. The first kappa shape index (κ1) is 19.5. The summed E-state index contributed by atoms with van der Waals surface area (Å²) in [6, 6.07) is 2.60. The van der Waals surface area contributed by atoms with Gasteiger partial charge in [0.2, 0.25) is 0 Å². The second-order valence-electron chi connectivity index (χ2n) is 6.93. The number of rotatable bonds is 4. The van der Waals surface area contributed by atoms with Crippen LogP contribution in [-0.4, -0.2) is 51.1 Å². The van der Waals surface area contributed by atoms with Gasteiger partial charge in [0.25, 0.3) is 0 Å². The van der Waals surface area contributed by atoms with Crippen LogP contribution in [0.4, 0.5) is 0 Å². The molecular formula is C19H22O8. The predicted octanol–water partition coefficient (Wildman–Crippen LogP) is 0.483. The molecule has 0 aliphatic carbocycles. The van der Waals surface area contributed by atoms with E-state index in [0.29, 0.717) is 5.56 Å². The average Bonchev–Trinajstić information content (AvgIpc) is 2.55. The van der Waals surface area contributed by atoms with Crippen molar-refractivity contribution in [3.63, 3.8) is 0 Å². The Kier molecular flexibility index (Phi) is 5.34. The van der Waals surface area contributed by atoms with Crippen LogP contribution in [0.3, 0.4) is 0 Å². The molecule has 8 heteroatoms. The highest BCUT2D eigenvalue weighted by Crippen LogP contribution is 2.41.